The van der Waals surface area contributed by atoms with Gasteiger partial charge in [0, 0.05) is 6.04 Å². The molecule has 2 aliphatic rings. The van der Waals surface area contributed by atoms with Gasteiger partial charge in [-0.25, -0.2) is 0 Å². The monoisotopic (exact) mass is 215 g/mol. The molecule has 0 bridgehead atoms. The van der Waals surface area contributed by atoms with Crippen LogP contribution in [0.1, 0.15) is 19.3 Å². The van der Waals surface area contributed by atoms with E-state index in [-0.39, 0.29) is 6.10 Å². The molecule has 4 heteroatoms. The molecule has 4 nitrogen and oxygen atoms in total. The van der Waals surface area contributed by atoms with E-state index in [9.17, 15) is 0 Å². The van der Waals surface area contributed by atoms with Crippen molar-refractivity contribution in [3.05, 3.63) is 0 Å². The average molecular weight is 215 g/mol. The number of hydrogen-bond acceptors (Lipinski definition) is 4. The zero-order chi connectivity index (χ0) is 10.3. The molecule has 0 radical (unpaired) electrons. The highest BCUT2D eigenvalue weighted by Crippen LogP contribution is 2.08. The van der Waals surface area contributed by atoms with Gasteiger partial charge in [-0.05, 0) is 19.4 Å². The smallest absolute Gasteiger partial charge is 0.104 e. The van der Waals surface area contributed by atoms with E-state index in [1.807, 2.05) is 0 Å². The maximum atomic E-state index is 5.65. The Hall–Kier alpha value is -0.160. The third kappa shape index (κ3) is 4.07. The zero-order valence-electron chi connectivity index (χ0n) is 9.24. The van der Waals surface area contributed by atoms with Gasteiger partial charge in [0.1, 0.15) is 6.10 Å². The van der Waals surface area contributed by atoms with Gasteiger partial charge in [-0.1, -0.05) is 6.42 Å². The predicted molar refractivity (Wildman–Crippen MR) is 57.0 cm³/mol. The van der Waals surface area contributed by atoms with Crippen molar-refractivity contribution in [2.24, 2.45) is 0 Å². The van der Waals surface area contributed by atoms with E-state index < -0.39 is 0 Å². The summed E-state index contributed by atoms with van der Waals surface area (Å²) in [7, 11) is 0. The van der Waals surface area contributed by atoms with Crippen LogP contribution in [0.2, 0.25) is 0 Å². The second-order valence-electron chi connectivity index (χ2n) is 4.25. The quantitative estimate of drug-likeness (QED) is 0.744. The third-order valence-electron chi connectivity index (χ3n) is 2.92. The van der Waals surface area contributed by atoms with E-state index in [1.165, 1.54) is 19.3 Å². The minimum absolute atomic E-state index is 0.141. The molecule has 1 N–H and O–H groups in total. The summed E-state index contributed by atoms with van der Waals surface area (Å²) in [4.78, 5) is 0. The Balaban J connectivity index is 1.53. The molecule has 88 valence electrons. The lowest BCUT2D eigenvalue weighted by Crippen LogP contribution is -2.39. The molecule has 2 unspecified atom stereocenters. The molecule has 2 heterocycles. The number of ether oxygens (including phenoxy) is 3. The molecular weight excluding hydrogens is 194 g/mol. The van der Waals surface area contributed by atoms with Crippen LogP contribution in [0, 0.1) is 0 Å². The van der Waals surface area contributed by atoms with Crippen molar-refractivity contribution in [3.63, 3.8) is 0 Å². The molecule has 2 aliphatic heterocycles. The second kappa shape index (κ2) is 6.43. The Morgan fingerprint density at radius 3 is 2.93 bits per heavy atom. The molecule has 0 aromatic heterocycles. The summed E-state index contributed by atoms with van der Waals surface area (Å²) in [6.07, 6.45) is 4.00. The first-order valence-corrected chi connectivity index (χ1v) is 5.95. The van der Waals surface area contributed by atoms with E-state index in [4.69, 9.17) is 14.2 Å². The molecule has 2 rings (SSSR count). The van der Waals surface area contributed by atoms with Gasteiger partial charge in [0.15, 0.2) is 0 Å². The number of nitrogens with one attached hydrogen (secondary N) is 1. The lowest BCUT2D eigenvalue weighted by Gasteiger charge is -2.26. The molecule has 15 heavy (non-hydrogen) atoms. The van der Waals surface area contributed by atoms with Crippen LogP contribution in [0.25, 0.3) is 0 Å². The summed E-state index contributed by atoms with van der Waals surface area (Å²) < 4.78 is 16.4. The zero-order valence-corrected chi connectivity index (χ0v) is 9.24. The van der Waals surface area contributed by atoms with Crippen molar-refractivity contribution >= 4 is 0 Å². The second-order valence-corrected chi connectivity index (χ2v) is 4.25. The van der Waals surface area contributed by atoms with Crippen LogP contribution in [-0.2, 0) is 14.2 Å². The van der Waals surface area contributed by atoms with Gasteiger partial charge < -0.3 is 19.5 Å². The van der Waals surface area contributed by atoms with Gasteiger partial charge in [0.25, 0.3) is 0 Å². The van der Waals surface area contributed by atoms with Crippen molar-refractivity contribution in [1.82, 2.24) is 5.32 Å². The predicted octanol–water partition coefficient (Wildman–Crippen LogP) is 0.561. The topological polar surface area (TPSA) is 39.7 Å². The Kier molecular flexibility index (Phi) is 4.86. The Morgan fingerprint density at radius 1 is 1.20 bits per heavy atom. The molecule has 0 aliphatic carbocycles. The summed E-state index contributed by atoms with van der Waals surface area (Å²) >= 11 is 0. The number of hydrogen-bond donors (Lipinski definition) is 1. The summed E-state index contributed by atoms with van der Waals surface area (Å²) in [6, 6.07) is 0.545. The standard InChI is InChI=1S/C11H21NO3/c1-2-4-12-10(3-1)7-14-9-11-8-13-5-6-15-11/h10-12H,1-9H2. The van der Waals surface area contributed by atoms with Crippen LogP contribution in [0.15, 0.2) is 0 Å². The van der Waals surface area contributed by atoms with Crippen LogP contribution in [-0.4, -0.2) is 51.7 Å². The van der Waals surface area contributed by atoms with Gasteiger partial charge in [-0.2, -0.15) is 0 Å². The average Bonchev–Trinajstić information content (AvgIpc) is 2.32. The SMILES string of the molecule is C1CCC(COCC2COCCO2)NC1. The fraction of sp³-hybridized carbons (Fsp3) is 1.00. The third-order valence-corrected chi connectivity index (χ3v) is 2.92. The molecular formula is C11H21NO3. The number of rotatable bonds is 4. The van der Waals surface area contributed by atoms with Crippen molar-refractivity contribution in [2.45, 2.75) is 31.4 Å². The van der Waals surface area contributed by atoms with Crippen LogP contribution >= 0.6 is 0 Å². The highest BCUT2D eigenvalue weighted by atomic mass is 16.6. The van der Waals surface area contributed by atoms with Crippen molar-refractivity contribution in [3.8, 4) is 0 Å². The first kappa shape index (κ1) is 11.3. The van der Waals surface area contributed by atoms with Crippen LogP contribution in [0.3, 0.4) is 0 Å². The minimum Gasteiger partial charge on any atom is -0.377 e. The summed E-state index contributed by atoms with van der Waals surface area (Å²) in [5, 5.41) is 3.46. The van der Waals surface area contributed by atoms with Crippen LogP contribution in [0.4, 0.5) is 0 Å². The van der Waals surface area contributed by atoms with E-state index in [0.717, 1.165) is 19.8 Å². The summed E-state index contributed by atoms with van der Waals surface area (Å²) in [5.41, 5.74) is 0. The Bertz CT molecular complexity index is 147. The highest BCUT2D eigenvalue weighted by Gasteiger charge is 2.16. The molecule has 2 fully saturated rings. The van der Waals surface area contributed by atoms with Crippen molar-refractivity contribution in [2.75, 3.05) is 39.6 Å². The van der Waals surface area contributed by atoms with E-state index >= 15 is 0 Å². The summed E-state index contributed by atoms with van der Waals surface area (Å²) in [6.45, 7) is 4.71. The maximum Gasteiger partial charge on any atom is 0.104 e. The van der Waals surface area contributed by atoms with Gasteiger partial charge in [0.05, 0.1) is 33.0 Å². The highest BCUT2D eigenvalue weighted by molar-refractivity contribution is 4.71. The normalized spacial score (nSPS) is 32.8. The first-order valence-electron chi connectivity index (χ1n) is 5.95. The van der Waals surface area contributed by atoms with Gasteiger partial charge in [-0.3, -0.25) is 0 Å². The van der Waals surface area contributed by atoms with Crippen LogP contribution in [0.5, 0.6) is 0 Å². The molecule has 2 saturated heterocycles. The minimum atomic E-state index is 0.141. The molecule has 0 spiro atoms. The fourth-order valence-corrected chi connectivity index (χ4v) is 2.04. The first-order chi connectivity index (χ1) is 7.45. The summed E-state index contributed by atoms with van der Waals surface area (Å²) in [5.74, 6) is 0. The molecule has 2 atom stereocenters. The van der Waals surface area contributed by atoms with Gasteiger partial charge in [-0.15, -0.1) is 0 Å². The van der Waals surface area contributed by atoms with Gasteiger partial charge in [0.2, 0.25) is 0 Å². The van der Waals surface area contributed by atoms with E-state index in [1.54, 1.807) is 0 Å². The van der Waals surface area contributed by atoms with Crippen molar-refractivity contribution in [1.29, 1.82) is 0 Å². The maximum absolute atomic E-state index is 5.65. The van der Waals surface area contributed by atoms with Crippen molar-refractivity contribution < 1.29 is 14.2 Å². The lowest BCUT2D eigenvalue weighted by molar-refractivity contribution is -0.116. The largest absolute Gasteiger partial charge is 0.377 e. The fourth-order valence-electron chi connectivity index (χ4n) is 2.04. The number of piperidine rings is 1. The molecule has 0 aromatic rings. The molecule has 0 aromatic carbocycles. The van der Waals surface area contributed by atoms with Gasteiger partial charge >= 0.3 is 0 Å². The van der Waals surface area contributed by atoms with E-state index in [2.05, 4.69) is 5.32 Å². The Labute approximate surface area is 91.3 Å². The Morgan fingerprint density at radius 2 is 2.20 bits per heavy atom. The molecule has 0 amide bonds. The van der Waals surface area contributed by atoms with E-state index in [0.29, 0.717) is 25.9 Å². The van der Waals surface area contributed by atoms with Crippen LogP contribution < -0.4 is 5.32 Å². The molecule has 0 saturated carbocycles. The lowest BCUT2D eigenvalue weighted by atomic mass is 10.1.